The lowest BCUT2D eigenvalue weighted by Gasteiger charge is -2.21. The molecule has 0 saturated carbocycles. The fourth-order valence-electron chi connectivity index (χ4n) is 2.91. The first-order valence-corrected chi connectivity index (χ1v) is 9.19. The van der Waals surface area contributed by atoms with E-state index in [1.807, 2.05) is 13.8 Å². The van der Waals surface area contributed by atoms with Gasteiger partial charge in [0.05, 0.1) is 10.3 Å². The number of hydrogen-bond donors (Lipinski definition) is 1. The summed E-state index contributed by atoms with van der Waals surface area (Å²) < 4.78 is 1.76. The molecule has 2 heterocycles. The van der Waals surface area contributed by atoms with Gasteiger partial charge in [-0.15, -0.1) is 11.3 Å². The minimum absolute atomic E-state index is 0.0721. The molecule has 6 nitrogen and oxygen atoms in total. The van der Waals surface area contributed by atoms with Crippen LogP contribution in [0.1, 0.15) is 54.7 Å². The molecule has 0 fully saturated rings. The molecule has 0 radical (unpaired) electrons. The van der Waals surface area contributed by atoms with E-state index >= 15 is 0 Å². The topological polar surface area (TPSA) is 81.2 Å². The fourth-order valence-corrected chi connectivity index (χ4v) is 3.94. The highest BCUT2D eigenvalue weighted by atomic mass is 32.1. The van der Waals surface area contributed by atoms with Crippen molar-refractivity contribution in [2.24, 2.45) is 5.73 Å². The lowest BCUT2D eigenvalue weighted by molar-refractivity contribution is 0.100. The molecule has 132 valence electrons. The summed E-state index contributed by atoms with van der Waals surface area (Å²) in [6, 6.07) is 0. The van der Waals surface area contributed by atoms with Crippen molar-refractivity contribution < 1.29 is 4.79 Å². The van der Waals surface area contributed by atoms with Crippen molar-refractivity contribution in [1.82, 2.24) is 14.5 Å². The molecule has 24 heavy (non-hydrogen) atoms. The number of fused-ring (bicyclic) bond motifs is 1. The third kappa shape index (κ3) is 3.37. The van der Waals surface area contributed by atoms with Crippen molar-refractivity contribution in [1.29, 1.82) is 0 Å². The first-order chi connectivity index (χ1) is 11.3. The zero-order chi connectivity index (χ0) is 18.0. The van der Waals surface area contributed by atoms with Crippen LogP contribution in [0.4, 0.5) is 0 Å². The fraction of sp³-hybridized carbons (Fsp3) is 0.588. The molecule has 2 rings (SSSR count). The zero-order valence-corrected chi connectivity index (χ0v) is 15.9. The van der Waals surface area contributed by atoms with E-state index in [1.54, 1.807) is 11.5 Å². The van der Waals surface area contributed by atoms with Gasteiger partial charge in [0, 0.05) is 19.0 Å². The Labute approximate surface area is 146 Å². The molecule has 1 amide bonds. The van der Waals surface area contributed by atoms with E-state index in [0.29, 0.717) is 27.2 Å². The van der Waals surface area contributed by atoms with Gasteiger partial charge in [-0.05, 0) is 25.6 Å². The van der Waals surface area contributed by atoms with Crippen molar-refractivity contribution in [2.45, 2.75) is 47.1 Å². The van der Waals surface area contributed by atoms with Crippen molar-refractivity contribution in [3.05, 3.63) is 26.6 Å². The molecule has 2 aromatic rings. The van der Waals surface area contributed by atoms with Crippen molar-refractivity contribution in [2.75, 3.05) is 19.6 Å². The summed E-state index contributed by atoms with van der Waals surface area (Å²) in [5.74, 6) is 0.380. The zero-order valence-electron chi connectivity index (χ0n) is 15.0. The molecule has 0 spiro atoms. The number of primary amides is 1. The minimum atomic E-state index is -0.504. The summed E-state index contributed by atoms with van der Waals surface area (Å²) in [7, 11) is 0. The van der Waals surface area contributed by atoms with Gasteiger partial charge in [-0.25, -0.2) is 4.98 Å². The molecule has 7 heteroatoms. The highest BCUT2D eigenvalue weighted by molar-refractivity contribution is 7.20. The number of nitrogens with two attached hydrogens (primary N) is 1. The second-order valence-corrected chi connectivity index (χ2v) is 7.21. The van der Waals surface area contributed by atoms with Gasteiger partial charge in [0.1, 0.15) is 10.7 Å². The number of hydrogen-bond acceptors (Lipinski definition) is 5. The molecule has 0 unspecified atom stereocenters. The molecular weight excluding hydrogens is 324 g/mol. The Kier molecular flexibility index (Phi) is 5.77. The summed E-state index contributed by atoms with van der Waals surface area (Å²) in [5.41, 5.74) is 6.00. The lowest BCUT2D eigenvalue weighted by Crippen LogP contribution is -2.33. The first-order valence-electron chi connectivity index (χ1n) is 8.37. The average molecular weight is 350 g/mol. The molecule has 2 N–H and O–H groups in total. The lowest BCUT2D eigenvalue weighted by atomic mass is 10.1. The van der Waals surface area contributed by atoms with E-state index in [-0.39, 0.29) is 11.5 Å². The number of amides is 1. The van der Waals surface area contributed by atoms with Crippen LogP contribution in [0, 0.1) is 6.92 Å². The first kappa shape index (κ1) is 18.6. The van der Waals surface area contributed by atoms with Gasteiger partial charge in [-0.3, -0.25) is 14.2 Å². The molecule has 0 saturated heterocycles. The van der Waals surface area contributed by atoms with Crippen LogP contribution >= 0.6 is 11.3 Å². The Morgan fingerprint density at radius 2 is 1.96 bits per heavy atom. The minimum Gasteiger partial charge on any atom is -0.365 e. The summed E-state index contributed by atoms with van der Waals surface area (Å²) in [5, 5.41) is 0.526. The molecule has 0 aromatic carbocycles. The predicted molar refractivity (Wildman–Crippen MR) is 99.0 cm³/mol. The smallest absolute Gasteiger partial charge is 0.262 e. The van der Waals surface area contributed by atoms with Gasteiger partial charge >= 0.3 is 0 Å². The highest BCUT2D eigenvalue weighted by Crippen LogP contribution is 2.28. The Hall–Kier alpha value is -1.73. The van der Waals surface area contributed by atoms with E-state index in [9.17, 15) is 9.59 Å². The second kappa shape index (κ2) is 7.44. The quantitative estimate of drug-likeness (QED) is 0.831. The molecule has 0 aliphatic carbocycles. The molecular formula is C17H26N4O2S. The molecule has 0 aliphatic rings. The Balaban J connectivity index is 2.61. The van der Waals surface area contributed by atoms with Crippen LogP contribution < -0.4 is 11.3 Å². The van der Waals surface area contributed by atoms with E-state index in [4.69, 9.17) is 5.73 Å². The van der Waals surface area contributed by atoms with Crippen LogP contribution in [0.25, 0.3) is 10.2 Å². The van der Waals surface area contributed by atoms with Crippen molar-refractivity contribution >= 4 is 27.5 Å². The Bertz CT molecular complexity index is 803. The van der Waals surface area contributed by atoms with E-state index in [2.05, 4.69) is 23.7 Å². The number of nitrogens with zero attached hydrogens (tertiary/aromatic N) is 3. The van der Waals surface area contributed by atoms with E-state index in [0.717, 1.165) is 25.5 Å². The number of carbonyl (C=O) groups is 1. The monoisotopic (exact) mass is 350 g/mol. The third-order valence-corrected chi connectivity index (χ3v) is 5.55. The number of likely N-dealkylation sites (N-methyl/N-ethyl adjacent to an activating group) is 1. The van der Waals surface area contributed by atoms with Crippen LogP contribution in [0.15, 0.2) is 4.79 Å². The standard InChI is InChI=1S/C17H26N4O2S/c1-6-20(7-2)8-9-21-15(10(3)4)19-16-12(17(21)23)11(5)13(24-16)14(18)22/h10H,6-9H2,1-5H3,(H2,18,22). The van der Waals surface area contributed by atoms with Gasteiger partial charge in [-0.1, -0.05) is 27.7 Å². The number of aromatic nitrogens is 2. The van der Waals surface area contributed by atoms with Crippen LogP contribution in [0.2, 0.25) is 0 Å². The summed E-state index contributed by atoms with van der Waals surface area (Å²) in [6.07, 6.45) is 0. The highest BCUT2D eigenvalue weighted by Gasteiger charge is 2.21. The van der Waals surface area contributed by atoms with E-state index < -0.39 is 5.91 Å². The second-order valence-electron chi connectivity index (χ2n) is 6.21. The van der Waals surface area contributed by atoms with Gasteiger partial charge in [0.15, 0.2) is 0 Å². The van der Waals surface area contributed by atoms with Crippen molar-refractivity contribution in [3.63, 3.8) is 0 Å². The number of thiophene rings is 1. The Morgan fingerprint density at radius 1 is 1.33 bits per heavy atom. The summed E-state index contributed by atoms with van der Waals surface area (Å²) in [4.78, 5) is 32.6. The largest absolute Gasteiger partial charge is 0.365 e. The maximum absolute atomic E-state index is 13.1. The van der Waals surface area contributed by atoms with Crippen molar-refractivity contribution in [3.8, 4) is 0 Å². The summed E-state index contributed by atoms with van der Waals surface area (Å²) >= 11 is 1.21. The van der Waals surface area contributed by atoms with Gasteiger partial charge in [-0.2, -0.15) is 0 Å². The average Bonchev–Trinajstić information content (AvgIpc) is 2.87. The summed E-state index contributed by atoms with van der Waals surface area (Å²) in [6.45, 7) is 13.3. The van der Waals surface area contributed by atoms with E-state index in [1.165, 1.54) is 11.3 Å². The predicted octanol–water partition coefficient (Wildman–Crippen LogP) is 2.33. The maximum Gasteiger partial charge on any atom is 0.262 e. The number of rotatable bonds is 7. The maximum atomic E-state index is 13.1. The number of aryl methyl sites for hydroxylation is 1. The van der Waals surface area contributed by atoms with Gasteiger partial charge < -0.3 is 10.6 Å². The van der Waals surface area contributed by atoms with Crippen LogP contribution in [-0.2, 0) is 6.54 Å². The SMILES string of the molecule is CCN(CC)CCn1c(C(C)C)nc2sc(C(N)=O)c(C)c2c1=O. The molecule has 0 bridgehead atoms. The number of carbonyl (C=O) groups excluding carboxylic acids is 1. The Morgan fingerprint density at radius 3 is 2.46 bits per heavy atom. The normalized spacial score (nSPS) is 11.8. The van der Waals surface area contributed by atoms with Crippen LogP contribution in [-0.4, -0.2) is 40.0 Å². The third-order valence-electron chi connectivity index (χ3n) is 4.35. The molecule has 2 aromatic heterocycles. The van der Waals surface area contributed by atoms with Crippen LogP contribution in [0.3, 0.4) is 0 Å². The van der Waals surface area contributed by atoms with Gasteiger partial charge in [0.2, 0.25) is 0 Å². The molecule has 0 aliphatic heterocycles. The molecule has 0 atom stereocenters. The van der Waals surface area contributed by atoms with Gasteiger partial charge in [0.25, 0.3) is 11.5 Å². The van der Waals surface area contributed by atoms with Crippen LogP contribution in [0.5, 0.6) is 0 Å².